The minimum absolute atomic E-state index is 0.00389. The third kappa shape index (κ3) is 4.06. The van der Waals surface area contributed by atoms with Gasteiger partial charge in [-0.1, -0.05) is 12.1 Å². The molecule has 0 bridgehead atoms. The summed E-state index contributed by atoms with van der Waals surface area (Å²) in [6, 6.07) is 9.89. The Morgan fingerprint density at radius 2 is 1.88 bits per heavy atom. The van der Waals surface area contributed by atoms with Crippen molar-refractivity contribution in [3.8, 4) is 17.9 Å². The van der Waals surface area contributed by atoms with Crippen LogP contribution in [-0.4, -0.2) is 17.7 Å². The molecule has 5 nitrogen and oxygen atoms in total. The van der Waals surface area contributed by atoms with Gasteiger partial charge >= 0.3 is 5.97 Å². The number of aliphatic carboxylic acids is 1. The minimum atomic E-state index is -1.05. The summed E-state index contributed by atoms with van der Waals surface area (Å²) in [4.78, 5) is 10.3. The fourth-order valence-electron chi connectivity index (χ4n) is 1.06. The van der Waals surface area contributed by atoms with Gasteiger partial charge in [0.1, 0.15) is 23.5 Å². The predicted octanol–water partition coefficient (Wildman–Crippen LogP) is 1.58. The Hall–Kier alpha value is -2.79. The van der Waals surface area contributed by atoms with E-state index in [0.717, 1.165) is 0 Å². The molecule has 84 valence electrons. The van der Waals surface area contributed by atoms with Crippen LogP contribution < -0.4 is 4.74 Å². The van der Waals surface area contributed by atoms with Gasteiger partial charge in [0.15, 0.2) is 6.61 Å². The van der Waals surface area contributed by atoms with Crippen LogP contribution in [0.3, 0.4) is 0 Å². The minimum Gasteiger partial charge on any atom is -0.482 e. The molecule has 1 N–H and O–H groups in total. The van der Waals surface area contributed by atoms with E-state index in [0.29, 0.717) is 11.3 Å². The summed E-state index contributed by atoms with van der Waals surface area (Å²) in [6.07, 6.45) is 1.43. The van der Waals surface area contributed by atoms with E-state index in [2.05, 4.69) is 0 Å². The van der Waals surface area contributed by atoms with Crippen molar-refractivity contribution in [3.63, 3.8) is 0 Å². The van der Waals surface area contributed by atoms with E-state index in [-0.39, 0.29) is 5.57 Å². The van der Waals surface area contributed by atoms with Crippen LogP contribution in [0, 0.1) is 22.7 Å². The number of nitriles is 2. The largest absolute Gasteiger partial charge is 0.482 e. The first-order valence-corrected chi connectivity index (χ1v) is 4.62. The summed E-state index contributed by atoms with van der Waals surface area (Å²) in [5.74, 6) is -0.634. The topological polar surface area (TPSA) is 94.1 Å². The third-order valence-electron chi connectivity index (χ3n) is 1.79. The van der Waals surface area contributed by atoms with Crippen LogP contribution in [0.4, 0.5) is 0 Å². The molecule has 5 heteroatoms. The van der Waals surface area contributed by atoms with Crippen molar-refractivity contribution >= 4 is 12.0 Å². The maximum Gasteiger partial charge on any atom is 0.341 e. The van der Waals surface area contributed by atoms with Gasteiger partial charge in [-0.2, -0.15) is 10.5 Å². The lowest BCUT2D eigenvalue weighted by Gasteiger charge is -2.02. The smallest absolute Gasteiger partial charge is 0.341 e. The molecule has 0 heterocycles. The lowest BCUT2D eigenvalue weighted by atomic mass is 10.1. The first-order valence-electron chi connectivity index (χ1n) is 4.62. The molecule has 1 aromatic rings. The number of carbonyl (C=O) groups is 1. The highest BCUT2D eigenvalue weighted by molar-refractivity contribution is 5.68. The summed E-state index contributed by atoms with van der Waals surface area (Å²) >= 11 is 0. The molecule has 0 saturated carbocycles. The zero-order valence-electron chi connectivity index (χ0n) is 8.75. The fourth-order valence-corrected chi connectivity index (χ4v) is 1.06. The lowest BCUT2D eigenvalue weighted by molar-refractivity contribution is -0.139. The van der Waals surface area contributed by atoms with Crippen molar-refractivity contribution in [3.05, 3.63) is 35.4 Å². The maximum atomic E-state index is 10.3. The normalized spacial score (nSPS) is 8.59. The standard InChI is InChI=1S/C12H8N2O3/c13-6-10(7-14)5-9-1-3-11(4-2-9)17-8-12(15)16/h1-5H,8H2,(H,15,16). The van der Waals surface area contributed by atoms with Gasteiger partial charge in [-0.15, -0.1) is 0 Å². The molecule has 0 aliphatic carbocycles. The molecule has 0 aliphatic rings. The highest BCUT2D eigenvalue weighted by Gasteiger charge is 1.99. The van der Waals surface area contributed by atoms with E-state index < -0.39 is 12.6 Å². The zero-order chi connectivity index (χ0) is 12.7. The monoisotopic (exact) mass is 228 g/mol. The van der Waals surface area contributed by atoms with Gasteiger partial charge in [0.2, 0.25) is 0 Å². The number of rotatable bonds is 4. The average molecular weight is 228 g/mol. The number of allylic oxidation sites excluding steroid dienone is 1. The second-order valence-electron chi connectivity index (χ2n) is 3.03. The lowest BCUT2D eigenvalue weighted by Crippen LogP contribution is -2.09. The molecule has 0 atom stereocenters. The Labute approximate surface area is 97.8 Å². The SMILES string of the molecule is N#CC(C#N)=Cc1ccc(OCC(=O)O)cc1. The third-order valence-corrected chi connectivity index (χ3v) is 1.79. The van der Waals surface area contributed by atoms with E-state index >= 15 is 0 Å². The average Bonchev–Trinajstić information content (AvgIpc) is 2.34. The maximum absolute atomic E-state index is 10.3. The Morgan fingerprint density at radius 1 is 1.29 bits per heavy atom. The van der Waals surface area contributed by atoms with Gasteiger partial charge < -0.3 is 9.84 Å². The highest BCUT2D eigenvalue weighted by Crippen LogP contribution is 2.14. The Kier molecular flexibility index (Phi) is 4.29. The Bertz CT molecular complexity index is 502. The molecule has 1 rings (SSSR count). The van der Waals surface area contributed by atoms with E-state index in [4.69, 9.17) is 20.4 Å². The second-order valence-corrected chi connectivity index (χ2v) is 3.03. The highest BCUT2D eigenvalue weighted by atomic mass is 16.5. The molecule has 0 spiro atoms. The summed E-state index contributed by atoms with van der Waals surface area (Å²) in [5, 5.41) is 25.5. The quantitative estimate of drug-likeness (QED) is 0.789. The van der Waals surface area contributed by atoms with Gasteiger partial charge in [0.05, 0.1) is 0 Å². The van der Waals surface area contributed by atoms with Crippen LogP contribution in [0.5, 0.6) is 5.75 Å². The number of nitrogens with zero attached hydrogens (tertiary/aromatic N) is 2. The number of hydrogen-bond acceptors (Lipinski definition) is 4. The van der Waals surface area contributed by atoms with Gasteiger partial charge in [0, 0.05) is 0 Å². The number of hydrogen-bond donors (Lipinski definition) is 1. The van der Waals surface area contributed by atoms with E-state index in [1.807, 2.05) is 0 Å². The van der Waals surface area contributed by atoms with E-state index in [9.17, 15) is 4.79 Å². The Balaban J connectivity index is 2.76. The van der Waals surface area contributed by atoms with Crippen LogP contribution in [-0.2, 0) is 4.79 Å². The van der Waals surface area contributed by atoms with E-state index in [1.54, 1.807) is 36.4 Å². The van der Waals surface area contributed by atoms with Crippen molar-refractivity contribution in [2.24, 2.45) is 0 Å². The molecule has 1 aromatic carbocycles. The Morgan fingerprint density at radius 3 is 2.35 bits per heavy atom. The van der Waals surface area contributed by atoms with Crippen LogP contribution in [0.15, 0.2) is 29.8 Å². The number of carboxylic acid groups (broad SMARTS) is 1. The molecule has 17 heavy (non-hydrogen) atoms. The summed E-state index contributed by atoms with van der Waals surface area (Å²) in [6.45, 7) is -0.406. The van der Waals surface area contributed by atoms with Crippen molar-refractivity contribution in [2.75, 3.05) is 6.61 Å². The number of benzene rings is 1. The molecule has 0 saturated heterocycles. The van der Waals surface area contributed by atoms with Crippen LogP contribution >= 0.6 is 0 Å². The second kappa shape index (κ2) is 5.94. The molecule has 0 aliphatic heterocycles. The summed E-state index contributed by atoms with van der Waals surface area (Å²) in [7, 11) is 0. The molecule has 0 fully saturated rings. The van der Waals surface area contributed by atoms with Gasteiger partial charge in [-0.25, -0.2) is 4.79 Å². The number of carboxylic acids is 1. The summed E-state index contributed by atoms with van der Waals surface area (Å²) in [5.41, 5.74) is 0.676. The first kappa shape index (κ1) is 12.3. The molecule has 0 unspecified atom stereocenters. The van der Waals surface area contributed by atoms with Crippen molar-refractivity contribution in [1.29, 1.82) is 10.5 Å². The van der Waals surface area contributed by atoms with Crippen molar-refractivity contribution < 1.29 is 14.6 Å². The first-order chi connectivity index (χ1) is 8.15. The van der Waals surface area contributed by atoms with Gasteiger partial charge in [0.25, 0.3) is 0 Å². The molecular formula is C12H8N2O3. The van der Waals surface area contributed by atoms with Crippen LogP contribution in [0.1, 0.15) is 5.56 Å². The van der Waals surface area contributed by atoms with Gasteiger partial charge in [-0.3, -0.25) is 0 Å². The van der Waals surface area contributed by atoms with Gasteiger partial charge in [-0.05, 0) is 23.8 Å². The van der Waals surface area contributed by atoms with Crippen LogP contribution in [0.2, 0.25) is 0 Å². The number of ether oxygens (including phenoxy) is 1. The summed E-state index contributed by atoms with van der Waals surface area (Å²) < 4.78 is 4.93. The zero-order valence-corrected chi connectivity index (χ0v) is 8.75. The van der Waals surface area contributed by atoms with Crippen LogP contribution in [0.25, 0.3) is 6.08 Å². The van der Waals surface area contributed by atoms with Crippen molar-refractivity contribution in [1.82, 2.24) is 0 Å². The molecular weight excluding hydrogens is 220 g/mol. The molecule has 0 aromatic heterocycles. The fraction of sp³-hybridized carbons (Fsp3) is 0.0833. The molecule has 0 amide bonds. The predicted molar refractivity (Wildman–Crippen MR) is 58.8 cm³/mol. The van der Waals surface area contributed by atoms with E-state index in [1.165, 1.54) is 6.08 Å². The molecule has 0 radical (unpaired) electrons. The van der Waals surface area contributed by atoms with Crippen molar-refractivity contribution in [2.45, 2.75) is 0 Å².